The van der Waals surface area contributed by atoms with Crippen molar-refractivity contribution in [3.8, 4) is 0 Å². The SMILES string of the molecule is COC(=O)c1cccc(N2CCN(C(=O)Nc3ccccc3C(C)(C)C)CC2)c1. The Morgan fingerprint density at radius 3 is 2.31 bits per heavy atom. The summed E-state index contributed by atoms with van der Waals surface area (Å²) in [5, 5.41) is 3.08. The molecule has 0 aromatic heterocycles. The number of hydrogen-bond acceptors (Lipinski definition) is 4. The topological polar surface area (TPSA) is 61.9 Å². The Labute approximate surface area is 172 Å². The molecule has 6 nitrogen and oxygen atoms in total. The number of para-hydroxylation sites is 1. The van der Waals surface area contributed by atoms with Gasteiger partial charge < -0.3 is 19.9 Å². The van der Waals surface area contributed by atoms with Crippen LogP contribution in [0, 0.1) is 0 Å². The van der Waals surface area contributed by atoms with E-state index in [0.29, 0.717) is 31.7 Å². The highest BCUT2D eigenvalue weighted by atomic mass is 16.5. The van der Waals surface area contributed by atoms with Crippen molar-refractivity contribution in [2.45, 2.75) is 26.2 Å². The minimum absolute atomic E-state index is 0.0484. The highest BCUT2D eigenvalue weighted by Crippen LogP contribution is 2.29. The van der Waals surface area contributed by atoms with Crippen LogP contribution in [0.2, 0.25) is 0 Å². The van der Waals surface area contributed by atoms with Gasteiger partial charge in [0.05, 0.1) is 12.7 Å². The van der Waals surface area contributed by atoms with E-state index in [4.69, 9.17) is 4.74 Å². The molecule has 1 fully saturated rings. The van der Waals surface area contributed by atoms with E-state index in [-0.39, 0.29) is 17.4 Å². The number of nitrogens with zero attached hydrogens (tertiary/aromatic N) is 2. The fourth-order valence-electron chi connectivity index (χ4n) is 3.56. The molecular weight excluding hydrogens is 366 g/mol. The first-order chi connectivity index (χ1) is 13.8. The van der Waals surface area contributed by atoms with E-state index in [2.05, 4.69) is 37.1 Å². The van der Waals surface area contributed by atoms with Gasteiger partial charge in [-0.2, -0.15) is 0 Å². The van der Waals surface area contributed by atoms with Gasteiger partial charge in [-0.3, -0.25) is 0 Å². The summed E-state index contributed by atoms with van der Waals surface area (Å²) >= 11 is 0. The van der Waals surface area contributed by atoms with Crippen molar-refractivity contribution in [2.75, 3.05) is 43.5 Å². The summed E-state index contributed by atoms with van der Waals surface area (Å²) < 4.78 is 4.80. The van der Waals surface area contributed by atoms with Gasteiger partial charge in [0.2, 0.25) is 0 Å². The summed E-state index contributed by atoms with van der Waals surface area (Å²) in [7, 11) is 1.38. The molecule has 0 spiro atoms. The lowest BCUT2D eigenvalue weighted by molar-refractivity contribution is 0.0600. The molecule has 1 heterocycles. The Balaban J connectivity index is 1.63. The van der Waals surface area contributed by atoms with Gasteiger partial charge in [0.1, 0.15) is 0 Å². The third-order valence-corrected chi connectivity index (χ3v) is 5.18. The van der Waals surface area contributed by atoms with Gasteiger partial charge in [0, 0.05) is 37.6 Å². The standard InChI is InChI=1S/C23H29N3O3/c1-23(2,3)19-10-5-6-11-20(19)24-22(28)26-14-12-25(13-15-26)18-9-7-8-17(16-18)21(27)29-4/h5-11,16H,12-15H2,1-4H3,(H,24,28). The lowest BCUT2D eigenvalue weighted by atomic mass is 9.86. The largest absolute Gasteiger partial charge is 0.465 e. The number of methoxy groups -OCH3 is 1. The number of ether oxygens (including phenoxy) is 1. The molecule has 6 heteroatoms. The first kappa shape index (κ1) is 20.7. The van der Waals surface area contributed by atoms with Crippen molar-refractivity contribution < 1.29 is 14.3 Å². The van der Waals surface area contributed by atoms with E-state index in [1.165, 1.54) is 7.11 Å². The molecule has 0 radical (unpaired) electrons. The highest BCUT2D eigenvalue weighted by Gasteiger charge is 2.24. The summed E-state index contributed by atoms with van der Waals surface area (Å²) in [4.78, 5) is 28.6. The quantitative estimate of drug-likeness (QED) is 0.794. The zero-order valence-corrected chi connectivity index (χ0v) is 17.6. The number of carbonyl (C=O) groups excluding carboxylic acids is 2. The molecule has 1 aliphatic heterocycles. The molecule has 0 aliphatic carbocycles. The predicted octanol–water partition coefficient (Wildman–Crippen LogP) is 4.12. The van der Waals surface area contributed by atoms with E-state index in [0.717, 1.165) is 16.9 Å². The normalized spacial score (nSPS) is 14.5. The van der Waals surface area contributed by atoms with Gasteiger partial charge in [0.25, 0.3) is 0 Å². The average Bonchev–Trinajstić information content (AvgIpc) is 2.73. The van der Waals surface area contributed by atoms with Crippen molar-refractivity contribution in [3.63, 3.8) is 0 Å². The van der Waals surface area contributed by atoms with Crippen LogP contribution in [-0.4, -0.2) is 50.2 Å². The fraction of sp³-hybridized carbons (Fsp3) is 0.391. The molecule has 0 bridgehead atoms. The lowest BCUT2D eigenvalue weighted by Crippen LogP contribution is -2.50. The Morgan fingerprint density at radius 1 is 0.966 bits per heavy atom. The van der Waals surface area contributed by atoms with Gasteiger partial charge in [0.15, 0.2) is 0 Å². The number of benzene rings is 2. The zero-order chi connectivity index (χ0) is 21.0. The number of anilines is 2. The van der Waals surface area contributed by atoms with Crippen LogP contribution in [0.1, 0.15) is 36.7 Å². The average molecular weight is 396 g/mol. The zero-order valence-electron chi connectivity index (χ0n) is 17.6. The minimum Gasteiger partial charge on any atom is -0.465 e. The van der Waals surface area contributed by atoms with E-state index in [9.17, 15) is 9.59 Å². The summed E-state index contributed by atoms with van der Waals surface area (Å²) in [6.07, 6.45) is 0. The van der Waals surface area contributed by atoms with Gasteiger partial charge in [-0.05, 0) is 35.2 Å². The third-order valence-electron chi connectivity index (χ3n) is 5.18. The van der Waals surface area contributed by atoms with Crippen LogP contribution >= 0.6 is 0 Å². The van der Waals surface area contributed by atoms with Crippen molar-refractivity contribution >= 4 is 23.4 Å². The molecular formula is C23H29N3O3. The number of rotatable bonds is 3. The van der Waals surface area contributed by atoms with Gasteiger partial charge in [-0.25, -0.2) is 9.59 Å². The van der Waals surface area contributed by atoms with E-state index in [1.54, 1.807) is 6.07 Å². The number of carbonyl (C=O) groups is 2. The van der Waals surface area contributed by atoms with Crippen molar-refractivity contribution in [1.29, 1.82) is 0 Å². The molecule has 0 saturated carbocycles. The first-order valence-corrected chi connectivity index (χ1v) is 9.88. The number of esters is 1. The van der Waals surface area contributed by atoms with Gasteiger partial charge in [-0.15, -0.1) is 0 Å². The second kappa shape index (κ2) is 8.55. The first-order valence-electron chi connectivity index (χ1n) is 9.88. The molecule has 0 atom stereocenters. The van der Waals surface area contributed by atoms with Gasteiger partial charge >= 0.3 is 12.0 Å². The Hall–Kier alpha value is -3.02. The van der Waals surface area contributed by atoms with Crippen LogP contribution in [0.15, 0.2) is 48.5 Å². The summed E-state index contributed by atoms with van der Waals surface area (Å²) in [5.74, 6) is -0.345. The van der Waals surface area contributed by atoms with Crippen molar-refractivity contribution in [3.05, 3.63) is 59.7 Å². The van der Waals surface area contributed by atoms with Crippen LogP contribution in [0.5, 0.6) is 0 Å². The van der Waals surface area contributed by atoms with Crippen LogP contribution < -0.4 is 10.2 Å². The van der Waals surface area contributed by atoms with E-state index >= 15 is 0 Å². The Kier molecular flexibility index (Phi) is 6.11. The number of urea groups is 1. The number of nitrogens with one attached hydrogen (secondary N) is 1. The Morgan fingerprint density at radius 2 is 1.66 bits per heavy atom. The fourth-order valence-corrected chi connectivity index (χ4v) is 3.56. The summed E-state index contributed by atoms with van der Waals surface area (Å²) in [6.45, 7) is 9.06. The van der Waals surface area contributed by atoms with E-state index in [1.807, 2.05) is 41.3 Å². The summed E-state index contributed by atoms with van der Waals surface area (Å²) in [6, 6.07) is 15.3. The molecule has 0 unspecified atom stereocenters. The molecule has 1 saturated heterocycles. The molecule has 3 rings (SSSR count). The molecule has 2 aromatic rings. The lowest BCUT2D eigenvalue weighted by Gasteiger charge is -2.36. The molecule has 29 heavy (non-hydrogen) atoms. The highest BCUT2D eigenvalue weighted by molar-refractivity contribution is 5.91. The minimum atomic E-state index is -0.345. The number of piperazine rings is 1. The molecule has 1 N–H and O–H groups in total. The predicted molar refractivity (Wildman–Crippen MR) is 116 cm³/mol. The Bertz CT molecular complexity index is 881. The molecule has 2 amide bonds. The maximum Gasteiger partial charge on any atom is 0.337 e. The number of hydrogen-bond donors (Lipinski definition) is 1. The van der Waals surface area contributed by atoms with Crippen LogP contribution in [0.3, 0.4) is 0 Å². The third kappa shape index (κ3) is 4.88. The monoisotopic (exact) mass is 395 g/mol. The van der Waals surface area contributed by atoms with Gasteiger partial charge in [-0.1, -0.05) is 45.0 Å². The second-order valence-electron chi connectivity index (χ2n) is 8.24. The van der Waals surface area contributed by atoms with Crippen LogP contribution in [0.25, 0.3) is 0 Å². The van der Waals surface area contributed by atoms with Crippen LogP contribution in [-0.2, 0) is 10.2 Å². The van der Waals surface area contributed by atoms with E-state index < -0.39 is 0 Å². The smallest absolute Gasteiger partial charge is 0.337 e. The van der Waals surface area contributed by atoms with Crippen molar-refractivity contribution in [2.24, 2.45) is 0 Å². The molecule has 154 valence electrons. The summed E-state index contributed by atoms with van der Waals surface area (Å²) in [5.41, 5.74) is 3.42. The maximum atomic E-state index is 12.8. The van der Waals surface area contributed by atoms with Crippen LogP contribution in [0.4, 0.5) is 16.2 Å². The van der Waals surface area contributed by atoms with Crippen molar-refractivity contribution in [1.82, 2.24) is 4.90 Å². The maximum absolute atomic E-state index is 12.8. The number of amides is 2. The molecule has 1 aliphatic rings. The second-order valence-corrected chi connectivity index (χ2v) is 8.24. The molecule has 2 aromatic carbocycles.